The van der Waals surface area contributed by atoms with E-state index in [4.69, 9.17) is 28.9 Å². The predicted octanol–water partition coefficient (Wildman–Crippen LogP) is 2.72. The van der Waals surface area contributed by atoms with Gasteiger partial charge in [-0.15, -0.1) is 0 Å². The molecule has 2 N–H and O–H groups in total. The van der Waals surface area contributed by atoms with Crippen molar-refractivity contribution in [1.82, 2.24) is 4.90 Å². The lowest BCUT2D eigenvalue weighted by atomic mass is 9.92. The van der Waals surface area contributed by atoms with E-state index in [0.29, 0.717) is 23.6 Å². The van der Waals surface area contributed by atoms with E-state index in [0.717, 1.165) is 6.42 Å². The van der Waals surface area contributed by atoms with Gasteiger partial charge in [0.25, 0.3) is 5.91 Å². The number of nitrogens with two attached hydrogens (primary N) is 1. The molecule has 1 heterocycles. The zero-order valence-corrected chi connectivity index (χ0v) is 12.6. The molecule has 0 bridgehead atoms. The summed E-state index contributed by atoms with van der Waals surface area (Å²) >= 11 is 12.0. The van der Waals surface area contributed by atoms with Crippen LogP contribution in [0.25, 0.3) is 0 Å². The van der Waals surface area contributed by atoms with Gasteiger partial charge in [0, 0.05) is 12.6 Å². The Morgan fingerprint density at radius 2 is 2.00 bits per heavy atom. The molecular formula is C14H16Cl2N2O2. The fourth-order valence-corrected chi connectivity index (χ4v) is 2.83. The van der Waals surface area contributed by atoms with E-state index in [-0.39, 0.29) is 28.8 Å². The zero-order chi connectivity index (χ0) is 14.9. The Kier molecular flexibility index (Phi) is 4.55. The number of benzene rings is 1. The van der Waals surface area contributed by atoms with Gasteiger partial charge in [0.2, 0.25) is 5.91 Å². The summed E-state index contributed by atoms with van der Waals surface area (Å²) in [6.07, 6.45) is 1.46. The molecule has 20 heavy (non-hydrogen) atoms. The van der Waals surface area contributed by atoms with E-state index in [2.05, 4.69) is 0 Å². The molecular weight excluding hydrogens is 299 g/mol. The second-order valence-electron chi connectivity index (χ2n) is 5.08. The lowest BCUT2D eigenvalue weighted by Gasteiger charge is -2.37. The first-order chi connectivity index (χ1) is 9.41. The highest BCUT2D eigenvalue weighted by Gasteiger charge is 2.32. The summed E-state index contributed by atoms with van der Waals surface area (Å²) in [7, 11) is 0. The van der Waals surface area contributed by atoms with Crippen molar-refractivity contribution in [2.24, 2.45) is 11.7 Å². The summed E-state index contributed by atoms with van der Waals surface area (Å²) in [6, 6.07) is 5.00. The van der Waals surface area contributed by atoms with E-state index < -0.39 is 0 Å². The minimum atomic E-state index is -0.369. The van der Waals surface area contributed by atoms with Crippen LogP contribution in [0.4, 0.5) is 0 Å². The Labute approximate surface area is 127 Å². The highest BCUT2D eigenvalue weighted by atomic mass is 35.5. The number of primary amides is 1. The highest BCUT2D eigenvalue weighted by Crippen LogP contribution is 2.29. The highest BCUT2D eigenvalue weighted by molar-refractivity contribution is 6.43. The van der Waals surface area contributed by atoms with Crippen molar-refractivity contribution < 1.29 is 9.59 Å². The summed E-state index contributed by atoms with van der Waals surface area (Å²) in [5.74, 6) is -0.879. The number of hydrogen-bond acceptors (Lipinski definition) is 2. The minimum absolute atomic E-state index is 0.0492. The van der Waals surface area contributed by atoms with Crippen LogP contribution in [-0.4, -0.2) is 29.3 Å². The molecule has 108 valence electrons. The van der Waals surface area contributed by atoms with Gasteiger partial charge in [0.1, 0.15) is 0 Å². The molecule has 0 saturated carbocycles. The molecule has 1 aliphatic rings. The van der Waals surface area contributed by atoms with Crippen LogP contribution in [0.3, 0.4) is 0 Å². The Morgan fingerprint density at radius 3 is 2.65 bits per heavy atom. The summed E-state index contributed by atoms with van der Waals surface area (Å²) in [4.78, 5) is 25.6. The SMILES string of the molecule is C[C@H]1CC[C@@H](C(N)=O)CN1C(=O)c1cccc(Cl)c1Cl. The Bertz CT molecular complexity index is 548. The smallest absolute Gasteiger partial charge is 0.255 e. The Hall–Kier alpha value is -1.26. The minimum Gasteiger partial charge on any atom is -0.369 e. The Morgan fingerprint density at radius 1 is 1.30 bits per heavy atom. The largest absolute Gasteiger partial charge is 0.369 e. The molecule has 1 aromatic carbocycles. The normalized spacial score (nSPS) is 22.6. The second kappa shape index (κ2) is 6.02. The molecule has 1 aromatic rings. The molecule has 1 saturated heterocycles. The molecule has 4 nitrogen and oxygen atoms in total. The number of carbonyl (C=O) groups is 2. The molecule has 1 fully saturated rings. The predicted molar refractivity (Wildman–Crippen MR) is 78.9 cm³/mol. The number of carbonyl (C=O) groups excluding carboxylic acids is 2. The summed E-state index contributed by atoms with van der Waals surface area (Å²) in [5, 5.41) is 0.584. The molecule has 0 unspecified atom stereocenters. The first kappa shape index (κ1) is 15.1. The number of piperidine rings is 1. The van der Waals surface area contributed by atoms with Crippen LogP contribution >= 0.6 is 23.2 Å². The van der Waals surface area contributed by atoms with Gasteiger partial charge in [-0.1, -0.05) is 29.3 Å². The molecule has 0 aromatic heterocycles. The molecule has 2 atom stereocenters. The van der Waals surface area contributed by atoms with Gasteiger partial charge in [-0.3, -0.25) is 9.59 Å². The van der Waals surface area contributed by atoms with Crippen molar-refractivity contribution in [2.75, 3.05) is 6.54 Å². The first-order valence-corrected chi connectivity index (χ1v) is 7.21. The van der Waals surface area contributed by atoms with Crippen LogP contribution < -0.4 is 5.73 Å². The number of amides is 2. The maximum Gasteiger partial charge on any atom is 0.255 e. The van der Waals surface area contributed by atoms with Crippen molar-refractivity contribution >= 4 is 35.0 Å². The number of halogens is 2. The third kappa shape index (κ3) is 2.91. The van der Waals surface area contributed by atoms with Gasteiger partial charge in [-0.05, 0) is 31.9 Å². The summed E-state index contributed by atoms with van der Waals surface area (Å²) < 4.78 is 0. The van der Waals surface area contributed by atoms with Gasteiger partial charge in [0.05, 0.1) is 21.5 Å². The maximum absolute atomic E-state index is 12.6. The number of rotatable bonds is 2. The third-order valence-corrected chi connectivity index (χ3v) is 4.55. The lowest BCUT2D eigenvalue weighted by Crippen LogP contribution is -2.48. The average molecular weight is 315 g/mol. The van der Waals surface area contributed by atoms with Gasteiger partial charge in [0.15, 0.2) is 0 Å². The molecule has 1 aliphatic heterocycles. The van der Waals surface area contributed by atoms with E-state index in [9.17, 15) is 9.59 Å². The average Bonchev–Trinajstić information content (AvgIpc) is 2.41. The molecule has 6 heteroatoms. The van der Waals surface area contributed by atoms with Gasteiger partial charge in [-0.2, -0.15) is 0 Å². The Balaban J connectivity index is 2.26. The molecule has 2 rings (SSSR count). The molecule has 0 spiro atoms. The van der Waals surface area contributed by atoms with E-state index in [1.165, 1.54) is 0 Å². The van der Waals surface area contributed by atoms with Crippen molar-refractivity contribution in [1.29, 1.82) is 0 Å². The molecule has 2 amide bonds. The monoisotopic (exact) mass is 314 g/mol. The van der Waals surface area contributed by atoms with E-state index >= 15 is 0 Å². The quantitative estimate of drug-likeness (QED) is 0.912. The fraction of sp³-hybridized carbons (Fsp3) is 0.429. The van der Waals surface area contributed by atoms with Crippen molar-refractivity contribution in [3.05, 3.63) is 33.8 Å². The maximum atomic E-state index is 12.6. The molecule has 0 aliphatic carbocycles. The fourth-order valence-electron chi connectivity index (χ4n) is 2.45. The summed E-state index contributed by atoms with van der Waals surface area (Å²) in [6.45, 7) is 2.28. The van der Waals surface area contributed by atoms with Crippen molar-refractivity contribution in [3.8, 4) is 0 Å². The van der Waals surface area contributed by atoms with Crippen LogP contribution in [0.1, 0.15) is 30.1 Å². The van der Waals surface area contributed by atoms with Crippen LogP contribution in [0, 0.1) is 5.92 Å². The zero-order valence-electron chi connectivity index (χ0n) is 11.1. The third-order valence-electron chi connectivity index (χ3n) is 3.73. The van der Waals surface area contributed by atoms with Crippen LogP contribution in [0.2, 0.25) is 10.0 Å². The number of hydrogen-bond donors (Lipinski definition) is 1. The number of nitrogens with zero attached hydrogens (tertiary/aromatic N) is 1. The van der Waals surface area contributed by atoms with Crippen LogP contribution in [-0.2, 0) is 4.79 Å². The number of likely N-dealkylation sites (tertiary alicyclic amines) is 1. The molecule has 0 radical (unpaired) electrons. The second-order valence-corrected chi connectivity index (χ2v) is 5.87. The van der Waals surface area contributed by atoms with Gasteiger partial charge in [-0.25, -0.2) is 0 Å². The topological polar surface area (TPSA) is 63.4 Å². The van der Waals surface area contributed by atoms with E-state index in [1.807, 2.05) is 6.92 Å². The van der Waals surface area contributed by atoms with E-state index in [1.54, 1.807) is 23.1 Å². The lowest BCUT2D eigenvalue weighted by molar-refractivity contribution is -0.123. The van der Waals surface area contributed by atoms with Crippen LogP contribution in [0.5, 0.6) is 0 Å². The van der Waals surface area contributed by atoms with Crippen LogP contribution in [0.15, 0.2) is 18.2 Å². The van der Waals surface area contributed by atoms with Gasteiger partial charge < -0.3 is 10.6 Å². The standard InChI is InChI=1S/C14H16Cl2N2O2/c1-8-5-6-9(13(17)19)7-18(8)14(20)10-3-2-4-11(15)12(10)16/h2-4,8-9H,5-7H2,1H3,(H2,17,19)/t8-,9+/m0/s1. The van der Waals surface area contributed by atoms with Gasteiger partial charge >= 0.3 is 0 Å². The summed E-state index contributed by atoms with van der Waals surface area (Å²) in [5.41, 5.74) is 5.70. The first-order valence-electron chi connectivity index (χ1n) is 6.46. The van der Waals surface area contributed by atoms with Crippen molar-refractivity contribution in [2.45, 2.75) is 25.8 Å². The van der Waals surface area contributed by atoms with Crippen molar-refractivity contribution in [3.63, 3.8) is 0 Å².